The van der Waals surface area contributed by atoms with Gasteiger partial charge < -0.3 is 5.32 Å². The van der Waals surface area contributed by atoms with Crippen molar-refractivity contribution in [1.29, 1.82) is 0 Å². The van der Waals surface area contributed by atoms with Crippen LogP contribution in [0, 0.1) is 5.92 Å². The van der Waals surface area contributed by atoms with Gasteiger partial charge in [-0.15, -0.1) is 0 Å². The molecule has 0 aliphatic carbocycles. The summed E-state index contributed by atoms with van der Waals surface area (Å²) >= 11 is 0. The molecule has 2 heteroatoms. The van der Waals surface area contributed by atoms with Crippen molar-refractivity contribution in [2.24, 2.45) is 5.92 Å². The fraction of sp³-hybridized carbons (Fsp3) is 1.00. The van der Waals surface area contributed by atoms with E-state index in [2.05, 4.69) is 10.2 Å². The summed E-state index contributed by atoms with van der Waals surface area (Å²) in [5.74, 6) is 1.00. The Morgan fingerprint density at radius 1 is 1.27 bits per heavy atom. The van der Waals surface area contributed by atoms with Crippen LogP contribution in [0.15, 0.2) is 0 Å². The molecule has 3 fully saturated rings. The van der Waals surface area contributed by atoms with Crippen molar-refractivity contribution < 1.29 is 0 Å². The summed E-state index contributed by atoms with van der Waals surface area (Å²) in [6, 6.07) is 1.90. The van der Waals surface area contributed by atoms with Crippen molar-refractivity contribution in [3.05, 3.63) is 0 Å². The van der Waals surface area contributed by atoms with E-state index in [-0.39, 0.29) is 0 Å². The van der Waals surface area contributed by atoms with Crippen LogP contribution in [0.4, 0.5) is 0 Å². The third-order valence-corrected chi connectivity index (χ3v) is 3.73. The van der Waals surface area contributed by atoms with Crippen LogP contribution in [-0.2, 0) is 0 Å². The summed E-state index contributed by atoms with van der Waals surface area (Å²) in [5.41, 5.74) is 0. The molecule has 0 bridgehead atoms. The first-order valence-corrected chi connectivity index (χ1v) is 4.91. The summed E-state index contributed by atoms with van der Waals surface area (Å²) < 4.78 is 0. The van der Waals surface area contributed by atoms with Gasteiger partial charge >= 0.3 is 0 Å². The monoisotopic (exact) mass is 152 g/mol. The first kappa shape index (κ1) is 6.44. The van der Waals surface area contributed by atoms with E-state index in [0.29, 0.717) is 0 Å². The molecule has 0 aromatic carbocycles. The Labute approximate surface area is 68.0 Å². The fourth-order valence-corrected chi connectivity index (χ4v) is 3.24. The third kappa shape index (κ3) is 0.798. The molecule has 0 aromatic heterocycles. The Hall–Kier alpha value is -0.0800. The lowest BCUT2D eigenvalue weighted by atomic mass is 10.0. The van der Waals surface area contributed by atoms with Gasteiger partial charge in [0.1, 0.15) is 0 Å². The average Bonchev–Trinajstić information content (AvgIpc) is 2.52. The van der Waals surface area contributed by atoms with Gasteiger partial charge in [0.25, 0.3) is 0 Å². The lowest BCUT2D eigenvalue weighted by Crippen LogP contribution is -2.35. The minimum Gasteiger partial charge on any atom is -0.315 e. The van der Waals surface area contributed by atoms with Crippen LogP contribution in [0.5, 0.6) is 0 Å². The molecule has 3 heterocycles. The summed E-state index contributed by atoms with van der Waals surface area (Å²) in [6.07, 6.45) is 4.42. The van der Waals surface area contributed by atoms with Gasteiger partial charge in [-0.3, -0.25) is 4.90 Å². The van der Waals surface area contributed by atoms with E-state index >= 15 is 0 Å². The number of rotatable bonds is 0. The van der Waals surface area contributed by atoms with Crippen molar-refractivity contribution in [2.75, 3.05) is 19.6 Å². The number of fused-ring (bicyclic) bond motifs is 3. The Morgan fingerprint density at radius 2 is 2.27 bits per heavy atom. The van der Waals surface area contributed by atoms with Gasteiger partial charge in [0.05, 0.1) is 0 Å². The van der Waals surface area contributed by atoms with E-state index in [9.17, 15) is 0 Å². The van der Waals surface area contributed by atoms with Gasteiger partial charge in [-0.1, -0.05) is 0 Å². The molecule has 0 aromatic rings. The van der Waals surface area contributed by atoms with Crippen LogP contribution in [0.25, 0.3) is 0 Å². The topological polar surface area (TPSA) is 15.3 Å². The predicted molar refractivity (Wildman–Crippen MR) is 44.5 cm³/mol. The van der Waals surface area contributed by atoms with Crippen LogP contribution in [0.2, 0.25) is 0 Å². The van der Waals surface area contributed by atoms with Crippen molar-refractivity contribution in [3.63, 3.8) is 0 Å². The standard InChI is InChI=1S/C9H16N2/c1-2-8-4-7-5-10-6-9(7)11(8)3-1/h7-10H,1-6H2/t7-,8-,9-/m1/s1. The first-order chi connectivity index (χ1) is 5.45. The maximum absolute atomic E-state index is 3.50. The smallest absolute Gasteiger partial charge is 0.0264 e. The Bertz CT molecular complexity index is 151. The van der Waals surface area contributed by atoms with E-state index in [1.54, 1.807) is 0 Å². The molecule has 2 nitrogen and oxygen atoms in total. The van der Waals surface area contributed by atoms with E-state index in [4.69, 9.17) is 0 Å². The molecule has 3 aliphatic rings. The van der Waals surface area contributed by atoms with Gasteiger partial charge in [-0.2, -0.15) is 0 Å². The Morgan fingerprint density at radius 3 is 3.27 bits per heavy atom. The molecule has 11 heavy (non-hydrogen) atoms. The second kappa shape index (κ2) is 2.20. The number of nitrogens with one attached hydrogen (secondary N) is 1. The molecule has 3 rings (SSSR count). The minimum atomic E-state index is 0.919. The van der Waals surface area contributed by atoms with Crippen LogP contribution in [0.3, 0.4) is 0 Å². The molecule has 0 saturated carbocycles. The summed E-state index contributed by atoms with van der Waals surface area (Å²) in [4.78, 5) is 2.75. The second-order valence-electron chi connectivity index (χ2n) is 4.26. The summed E-state index contributed by atoms with van der Waals surface area (Å²) in [6.45, 7) is 3.94. The molecule has 0 amide bonds. The molecule has 3 aliphatic heterocycles. The zero-order valence-electron chi connectivity index (χ0n) is 6.92. The SMILES string of the molecule is C1C[C@@H]2C[C@@H]3CNC[C@H]3N2C1. The lowest BCUT2D eigenvalue weighted by Gasteiger charge is -2.21. The van der Waals surface area contributed by atoms with Crippen molar-refractivity contribution in [2.45, 2.75) is 31.3 Å². The van der Waals surface area contributed by atoms with Gasteiger partial charge in [0.15, 0.2) is 0 Å². The largest absolute Gasteiger partial charge is 0.315 e. The third-order valence-electron chi connectivity index (χ3n) is 3.73. The molecule has 0 unspecified atom stereocenters. The van der Waals surface area contributed by atoms with Gasteiger partial charge in [0, 0.05) is 18.6 Å². The van der Waals surface area contributed by atoms with Crippen molar-refractivity contribution in [1.82, 2.24) is 10.2 Å². The van der Waals surface area contributed by atoms with E-state index in [1.807, 2.05) is 0 Å². The highest BCUT2D eigenvalue weighted by molar-refractivity contribution is 5.01. The molecule has 3 atom stereocenters. The fourth-order valence-electron chi connectivity index (χ4n) is 3.24. The number of hydrogen-bond acceptors (Lipinski definition) is 2. The summed E-state index contributed by atoms with van der Waals surface area (Å²) in [7, 11) is 0. The molecule has 1 N–H and O–H groups in total. The maximum Gasteiger partial charge on any atom is 0.0264 e. The molecular formula is C9H16N2. The van der Waals surface area contributed by atoms with Crippen molar-refractivity contribution in [3.8, 4) is 0 Å². The van der Waals surface area contributed by atoms with E-state index in [0.717, 1.165) is 18.0 Å². The van der Waals surface area contributed by atoms with Gasteiger partial charge in [-0.05, 0) is 38.3 Å². The predicted octanol–water partition coefficient (Wildman–Crippen LogP) is 0.442. The van der Waals surface area contributed by atoms with Crippen LogP contribution < -0.4 is 5.32 Å². The number of nitrogens with zero attached hydrogens (tertiary/aromatic N) is 1. The number of hydrogen-bond donors (Lipinski definition) is 1. The Kier molecular flexibility index (Phi) is 1.29. The first-order valence-electron chi connectivity index (χ1n) is 4.91. The zero-order chi connectivity index (χ0) is 7.26. The summed E-state index contributed by atoms with van der Waals surface area (Å²) in [5, 5.41) is 3.50. The molecular weight excluding hydrogens is 136 g/mol. The zero-order valence-corrected chi connectivity index (χ0v) is 6.92. The molecule has 0 radical (unpaired) electrons. The maximum atomic E-state index is 3.50. The van der Waals surface area contributed by atoms with Gasteiger partial charge in [0.2, 0.25) is 0 Å². The Balaban J connectivity index is 1.84. The highest BCUT2D eigenvalue weighted by Crippen LogP contribution is 2.37. The molecule has 62 valence electrons. The second-order valence-corrected chi connectivity index (χ2v) is 4.26. The van der Waals surface area contributed by atoms with Crippen LogP contribution in [-0.4, -0.2) is 36.6 Å². The average molecular weight is 152 g/mol. The quantitative estimate of drug-likeness (QED) is 0.542. The van der Waals surface area contributed by atoms with Crippen LogP contribution in [0.1, 0.15) is 19.3 Å². The molecule has 0 spiro atoms. The highest BCUT2D eigenvalue weighted by atomic mass is 15.3. The lowest BCUT2D eigenvalue weighted by molar-refractivity contribution is 0.246. The normalized spacial score (nSPS) is 49.6. The van der Waals surface area contributed by atoms with E-state index < -0.39 is 0 Å². The van der Waals surface area contributed by atoms with E-state index in [1.165, 1.54) is 38.9 Å². The highest BCUT2D eigenvalue weighted by Gasteiger charge is 2.44. The minimum absolute atomic E-state index is 0.919. The molecule has 3 saturated heterocycles. The van der Waals surface area contributed by atoms with Gasteiger partial charge in [-0.25, -0.2) is 0 Å². The van der Waals surface area contributed by atoms with Crippen molar-refractivity contribution >= 4 is 0 Å². The van der Waals surface area contributed by atoms with Crippen LogP contribution >= 0.6 is 0 Å².